The van der Waals surface area contributed by atoms with E-state index in [-0.39, 0.29) is 11.0 Å². The minimum absolute atomic E-state index is 0.104. The molecule has 0 N–H and O–H groups in total. The highest BCUT2D eigenvalue weighted by Crippen LogP contribution is 2.48. The van der Waals surface area contributed by atoms with Gasteiger partial charge in [-0.05, 0) is 31.1 Å². The van der Waals surface area contributed by atoms with E-state index in [0.717, 1.165) is 0 Å². The van der Waals surface area contributed by atoms with Gasteiger partial charge in [0.1, 0.15) is 0 Å². The van der Waals surface area contributed by atoms with Crippen molar-refractivity contribution in [1.82, 2.24) is 0 Å². The molecule has 0 aromatic heterocycles. The third-order valence-corrected chi connectivity index (χ3v) is 3.54. The Morgan fingerprint density at radius 3 is 2.00 bits per heavy atom. The van der Waals surface area contributed by atoms with Gasteiger partial charge in [-0.2, -0.15) is 0 Å². The van der Waals surface area contributed by atoms with E-state index in [2.05, 4.69) is 41.5 Å². The van der Waals surface area contributed by atoms with E-state index in [0.29, 0.717) is 12.0 Å². The van der Waals surface area contributed by atoms with Crippen LogP contribution in [0.15, 0.2) is 0 Å². The van der Waals surface area contributed by atoms with Crippen molar-refractivity contribution in [2.24, 2.45) is 11.3 Å². The van der Waals surface area contributed by atoms with E-state index < -0.39 is 0 Å². The first kappa shape index (κ1) is 11.0. The zero-order chi connectivity index (χ0) is 10.3. The van der Waals surface area contributed by atoms with Crippen LogP contribution in [0.5, 0.6) is 0 Å². The van der Waals surface area contributed by atoms with Crippen LogP contribution >= 0.6 is 0 Å². The van der Waals surface area contributed by atoms with Gasteiger partial charge in [-0.1, -0.05) is 34.6 Å². The third kappa shape index (κ3) is 1.76. The predicted molar refractivity (Wildman–Crippen MR) is 56.8 cm³/mol. The second-order valence-electron chi connectivity index (χ2n) is 5.76. The van der Waals surface area contributed by atoms with Gasteiger partial charge in [-0.15, -0.1) is 0 Å². The van der Waals surface area contributed by atoms with Crippen molar-refractivity contribution in [1.29, 1.82) is 0 Å². The second-order valence-corrected chi connectivity index (χ2v) is 5.76. The fraction of sp³-hybridized carbons (Fsp3) is 1.00. The van der Waals surface area contributed by atoms with Gasteiger partial charge in [0, 0.05) is 0 Å². The average Bonchev–Trinajstić information content (AvgIpc) is 2.30. The Balaban J connectivity index is 2.90. The highest BCUT2D eigenvalue weighted by atomic mass is 16.5. The fourth-order valence-electron chi connectivity index (χ4n) is 2.74. The molecule has 0 aliphatic carbocycles. The molecule has 0 radical (unpaired) electrons. The molecule has 1 saturated heterocycles. The standard InChI is InChI=1S/C12H24O/c1-9(2)12(11(4,5)6)8-7-10(3)13-12/h9-10H,7-8H2,1-6H3. The average molecular weight is 184 g/mol. The van der Waals surface area contributed by atoms with Crippen molar-refractivity contribution in [3.05, 3.63) is 0 Å². The Morgan fingerprint density at radius 2 is 1.85 bits per heavy atom. The topological polar surface area (TPSA) is 9.23 Å². The molecule has 0 spiro atoms. The van der Waals surface area contributed by atoms with E-state index in [4.69, 9.17) is 4.74 Å². The van der Waals surface area contributed by atoms with Crippen LogP contribution in [0.4, 0.5) is 0 Å². The van der Waals surface area contributed by atoms with Crippen molar-refractivity contribution in [2.45, 2.75) is 66.1 Å². The first-order valence-electron chi connectivity index (χ1n) is 5.47. The molecule has 1 fully saturated rings. The highest BCUT2D eigenvalue weighted by molar-refractivity contribution is 4.99. The first-order chi connectivity index (χ1) is 5.79. The van der Waals surface area contributed by atoms with E-state index >= 15 is 0 Å². The molecule has 13 heavy (non-hydrogen) atoms. The molecule has 0 bridgehead atoms. The molecule has 78 valence electrons. The summed E-state index contributed by atoms with van der Waals surface area (Å²) in [4.78, 5) is 0. The predicted octanol–water partition coefficient (Wildman–Crippen LogP) is 3.63. The Kier molecular flexibility index (Phi) is 2.78. The lowest BCUT2D eigenvalue weighted by Crippen LogP contribution is -2.47. The zero-order valence-electron chi connectivity index (χ0n) is 9.98. The van der Waals surface area contributed by atoms with E-state index in [9.17, 15) is 0 Å². The third-order valence-electron chi connectivity index (χ3n) is 3.54. The first-order valence-corrected chi connectivity index (χ1v) is 5.47. The number of hydrogen-bond donors (Lipinski definition) is 0. The summed E-state index contributed by atoms with van der Waals surface area (Å²) in [5, 5.41) is 0. The maximum atomic E-state index is 6.17. The molecule has 1 nitrogen and oxygen atoms in total. The minimum atomic E-state index is 0.104. The lowest BCUT2D eigenvalue weighted by molar-refractivity contribution is -0.133. The van der Waals surface area contributed by atoms with E-state index in [1.54, 1.807) is 0 Å². The maximum absolute atomic E-state index is 6.17. The minimum Gasteiger partial charge on any atom is -0.371 e. The molecule has 2 unspecified atom stereocenters. The summed E-state index contributed by atoms with van der Waals surface area (Å²) in [7, 11) is 0. The Morgan fingerprint density at radius 1 is 1.31 bits per heavy atom. The van der Waals surface area contributed by atoms with Crippen molar-refractivity contribution >= 4 is 0 Å². The van der Waals surface area contributed by atoms with Crippen molar-refractivity contribution in [2.75, 3.05) is 0 Å². The lowest BCUT2D eigenvalue weighted by atomic mass is 9.68. The number of hydrogen-bond acceptors (Lipinski definition) is 1. The molecule has 0 aromatic carbocycles. The summed E-state index contributed by atoms with van der Waals surface area (Å²) >= 11 is 0. The molecule has 1 aliphatic rings. The SMILES string of the molecule is CC1CCC(C(C)C)(C(C)(C)C)O1. The van der Waals surface area contributed by atoms with Crippen molar-refractivity contribution < 1.29 is 4.74 Å². The van der Waals surface area contributed by atoms with Crippen LogP contribution < -0.4 is 0 Å². The molecular formula is C12H24O. The zero-order valence-corrected chi connectivity index (χ0v) is 9.98. The molecule has 0 aromatic rings. The molecule has 1 heteroatoms. The normalized spacial score (nSPS) is 35.8. The van der Waals surface area contributed by atoms with Gasteiger partial charge in [0.25, 0.3) is 0 Å². The van der Waals surface area contributed by atoms with Gasteiger partial charge in [-0.25, -0.2) is 0 Å². The Hall–Kier alpha value is -0.0400. The van der Waals surface area contributed by atoms with E-state index in [1.165, 1.54) is 12.8 Å². The fourth-order valence-corrected chi connectivity index (χ4v) is 2.74. The van der Waals surface area contributed by atoms with Gasteiger partial charge < -0.3 is 4.74 Å². The maximum Gasteiger partial charge on any atom is 0.0757 e. The summed E-state index contributed by atoms with van der Waals surface area (Å²) in [5.41, 5.74) is 0.359. The monoisotopic (exact) mass is 184 g/mol. The quantitative estimate of drug-likeness (QED) is 0.604. The Bertz CT molecular complexity index is 178. The molecule has 1 heterocycles. The van der Waals surface area contributed by atoms with Gasteiger partial charge in [-0.3, -0.25) is 0 Å². The van der Waals surface area contributed by atoms with Crippen LogP contribution in [0.1, 0.15) is 54.4 Å². The van der Waals surface area contributed by atoms with Crippen molar-refractivity contribution in [3.63, 3.8) is 0 Å². The molecule has 0 saturated carbocycles. The second kappa shape index (κ2) is 3.27. The largest absolute Gasteiger partial charge is 0.371 e. The molecule has 1 rings (SSSR count). The van der Waals surface area contributed by atoms with Crippen LogP contribution in [0, 0.1) is 11.3 Å². The van der Waals surface area contributed by atoms with Crippen molar-refractivity contribution in [3.8, 4) is 0 Å². The lowest BCUT2D eigenvalue weighted by Gasteiger charge is -2.45. The van der Waals surface area contributed by atoms with E-state index in [1.807, 2.05) is 0 Å². The van der Waals surface area contributed by atoms with Crippen LogP contribution in [0.3, 0.4) is 0 Å². The van der Waals surface area contributed by atoms with Crippen LogP contribution in [0.25, 0.3) is 0 Å². The highest BCUT2D eigenvalue weighted by Gasteiger charge is 2.49. The summed E-state index contributed by atoms with van der Waals surface area (Å²) in [5.74, 6) is 0.609. The smallest absolute Gasteiger partial charge is 0.0757 e. The van der Waals surface area contributed by atoms with Gasteiger partial charge in [0.15, 0.2) is 0 Å². The number of ether oxygens (including phenoxy) is 1. The van der Waals surface area contributed by atoms with Crippen LogP contribution in [-0.4, -0.2) is 11.7 Å². The Labute approximate surface area is 82.9 Å². The number of rotatable bonds is 1. The van der Waals surface area contributed by atoms with Gasteiger partial charge in [0.2, 0.25) is 0 Å². The molecular weight excluding hydrogens is 160 g/mol. The van der Waals surface area contributed by atoms with Crippen LogP contribution in [0.2, 0.25) is 0 Å². The summed E-state index contributed by atoms with van der Waals surface area (Å²) in [6.45, 7) is 13.6. The van der Waals surface area contributed by atoms with Crippen LogP contribution in [-0.2, 0) is 4.74 Å². The molecule has 2 atom stereocenters. The molecule has 0 amide bonds. The van der Waals surface area contributed by atoms with Gasteiger partial charge >= 0.3 is 0 Å². The summed E-state index contributed by atoms with van der Waals surface area (Å²) in [6, 6.07) is 0. The molecule has 1 aliphatic heterocycles. The summed E-state index contributed by atoms with van der Waals surface area (Å²) < 4.78 is 6.17. The van der Waals surface area contributed by atoms with Gasteiger partial charge in [0.05, 0.1) is 11.7 Å². The summed E-state index contributed by atoms with van der Waals surface area (Å²) in [6.07, 6.45) is 2.88.